The average molecular weight is 262 g/mol. The van der Waals surface area contributed by atoms with Gasteiger partial charge in [-0.05, 0) is 17.7 Å². The summed E-state index contributed by atoms with van der Waals surface area (Å²) in [5.74, 6) is -1.15. The molecular weight excluding hydrogens is 246 g/mol. The lowest BCUT2D eigenvalue weighted by atomic mass is 10.0. The summed E-state index contributed by atoms with van der Waals surface area (Å²) >= 11 is 0. The van der Waals surface area contributed by atoms with Crippen LogP contribution in [-0.2, 0) is 6.54 Å². The average Bonchev–Trinajstić information content (AvgIpc) is 2.43. The van der Waals surface area contributed by atoms with E-state index in [1.807, 2.05) is 30.3 Å². The van der Waals surface area contributed by atoms with Crippen molar-refractivity contribution in [2.75, 3.05) is 6.54 Å². The Kier molecular flexibility index (Phi) is 4.60. The lowest BCUT2D eigenvalue weighted by Gasteiger charge is -2.18. The molecule has 0 spiro atoms. The van der Waals surface area contributed by atoms with Crippen LogP contribution in [0, 0.1) is 11.6 Å². The van der Waals surface area contributed by atoms with Crippen molar-refractivity contribution < 1.29 is 8.78 Å². The molecule has 0 aromatic heterocycles. The summed E-state index contributed by atoms with van der Waals surface area (Å²) < 4.78 is 27.4. The van der Waals surface area contributed by atoms with Crippen LogP contribution >= 0.6 is 0 Å². The number of rotatable bonds is 5. The lowest BCUT2D eigenvalue weighted by Crippen LogP contribution is -2.29. The number of hydrogen-bond donors (Lipinski definition) is 2. The minimum absolute atomic E-state index is 0.000862. The normalized spacial score (nSPS) is 12.4. The van der Waals surface area contributed by atoms with Crippen molar-refractivity contribution in [3.05, 3.63) is 71.3 Å². The van der Waals surface area contributed by atoms with Gasteiger partial charge in [-0.2, -0.15) is 0 Å². The van der Waals surface area contributed by atoms with E-state index in [2.05, 4.69) is 5.32 Å². The molecule has 19 heavy (non-hydrogen) atoms. The summed E-state index contributed by atoms with van der Waals surface area (Å²) in [6.07, 6.45) is 0. The molecule has 100 valence electrons. The van der Waals surface area contributed by atoms with E-state index in [0.29, 0.717) is 6.54 Å². The van der Waals surface area contributed by atoms with Crippen LogP contribution in [0.3, 0.4) is 0 Å². The van der Waals surface area contributed by atoms with Crippen LogP contribution in [-0.4, -0.2) is 6.54 Å². The van der Waals surface area contributed by atoms with Gasteiger partial charge in [0.1, 0.15) is 11.6 Å². The fraction of sp³-hybridized carbons (Fsp3) is 0.200. The second-order valence-corrected chi connectivity index (χ2v) is 4.29. The van der Waals surface area contributed by atoms with Gasteiger partial charge in [0.15, 0.2) is 0 Å². The molecule has 2 nitrogen and oxygen atoms in total. The molecule has 0 heterocycles. The SMILES string of the molecule is NCC(NCc1ccccc1)c1c(F)cccc1F. The van der Waals surface area contributed by atoms with Crippen LogP contribution in [0.1, 0.15) is 17.2 Å². The van der Waals surface area contributed by atoms with E-state index >= 15 is 0 Å². The Bertz CT molecular complexity index is 509. The molecular formula is C15H16F2N2. The molecule has 0 aliphatic heterocycles. The molecule has 0 fully saturated rings. The molecule has 0 bridgehead atoms. The topological polar surface area (TPSA) is 38.0 Å². The predicted molar refractivity (Wildman–Crippen MR) is 71.4 cm³/mol. The molecule has 2 rings (SSSR count). The quantitative estimate of drug-likeness (QED) is 0.869. The Morgan fingerprint density at radius 1 is 0.947 bits per heavy atom. The second kappa shape index (κ2) is 6.41. The van der Waals surface area contributed by atoms with Crippen molar-refractivity contribution in [3.8, 4) is 0 Å². The number of hydrogen-bond acceptors (Lipinski definition) is 2. The van der Waals surface area contributed by atoms with Crippen molar-refractivity contribution in [2.24, 2.45) is 5.73 Å². The lowest BCUT2D eigenvalue weighted by molar-refractivity contribution is 0.471. The third-order valence-corrected chi connectivity index (χ3v) is 2.98. The van der Waals surface area contributed by atoms with Crippen LogP contribution < -0.4 is 11.1 Å². The third-order valence-electron chi connectivity index (χ3n) is 2.98. The van der Waals surface area contributed by atoms with Gasteiger partial charge >= 0.3 is 0 Å². The van der Waals surface area contributed by atoms with Gasteiger partial charge in [-0.15, -0.1) is 0 Å². The molecule has 3 N–H and O–H groups in total. The molecule has 2 aromatic carbocycles. The third kappa shape index (κ3) is 3.36. The summed E-state index contributed by atoms with van der Waals surface area (Å²) in [5, 5.41) is 3.08. The monoisotopic (exact) mass is 262 g/mol. The highest BCUT2D eigenvalue weighted by molar-refractivity contribution is 5.24. The Labute approximate surface area is 111 Å². The first-order valence-corrected chi connectivity index (χ1v) is 6.13. The molecule has 0 aliphatic rings. The summed E-state index contributed by atoms with van der Waals surface area (Å²) in [7, 11) is 0. The molecule has 0 amide bonds. The van der Waals surface area contributed by atoms with E-state index in [4.69, 9.17) is 5.73 Å². The number of nitrogens with one attached hydrogen (secondary N) is 1. The van der Waals surface area contributed by atoms with Crippen LogP contribution in [0.5, 0.6) is 0 Å². The zero-order valence-corrected chi connectivity index (χ0v) is 10.4. The first-order chi connectivity index (χ1) is 9.22. The molecule has 2 aromatic rings. The van der Waals surface area contributed by atoms with Gasteiger partial charge < -0.3 is 11.1 Å². The Morgan fingerprint density at radius 3 is 2.16 bits per heavy atom. The molecule has 0 radical (unpaired) electrons. The number of halogens is 2. The highest BCUT2D eigenvalue weighted by atomic mass is 19.1. The van der Waals surface area contributed by atoms with E-state index in [0.717, 1.165) is 5.56 Å². The van der Waals surface area contributed by atoms with Gasteiger partial charge in [0.25, 0.3) is 0 Å². The van der Waals surface area contributed by atoms with E-state index < -0.39 is 17.7 Å². The first-order valence-electron chi connectivity index (χ1n) is 6.13. The van der Waals surface area contributed by atoms with E-state index in [9.17, 15) is 8.78 Å². The number of nitrogens with two attached hydrogens (primary N) is 1. The summed E-state index contributed by atoms with van der Waals surface area (Å²) in [6.45, 7) is 0.640. The van der Waals surface area contributed by atoms with Gasteiger partial charge in [0, 0.05) is 18.7 Å². The van der Waals surface area contributed by atoms with E-state index in [1.54, 1.807) is 0 Å². The van der Waals surface area contributed by atoms with Crippen LogP contribution in [0.2, 0.25) is 0 Å². The smallest absolute Gasteiger partial charge is 0.130 e. The summed E-state index contributed by atoms with van der Waals surface area (Å²) in [6, 6.07) is 12.9. The second-order valence-electron chi connectivity index (χ2n) is 4.29. The predicted octanol–water partition coefficient (Wildman–Crippen LogP) is 2.75. The van der Waals surface area contributed by atoms with Crippen molar-refractivity contribution in [2.45, 2.75) is 12.6 Å². The Hall–Kier alpha value is -1.78. The molecule has 4 heteroatoms. The van der Waals surface area contributed by atoms with Gasteiger partial charge in [0.05, 0.1) is 6.04 Å². The highest BCUT2D eigenvalue weighted by Gasteiger charge is 2.18. The minimum atomic E-state index is -0.573. The van der Waals surface area contributed by atoms with Crippen LogP contribution in [0.25, 0.3) is 0 Å². The molecule has 0 saturated carbocycles. The van der Waals surface area contributed by atoms with Crippen LogP contribution in [0.15, 0.2) is 48.5 Å². The van der Waals surface area contributed by atoms with E-state index in [1.165, 1.54) is 18.2 Å². The maximum Gasteiger partial charge on any atom is 0.130 e. The molecule has 0 aliphatic carbocycles. The zero-order valence-electron chi connectivity index (χ0n) is 10.4. The van der Waals surface area contributed by atoms with Gasteiger partial charge in [0.2, 0.25) is 0 Å². The molecule has 1 unspecified atom stereocenters. The largest absolute Gasteiger partial charge is 0.329 e. The minimum Gasteiger partial charge on any atom is -0.329 e. The highest BCUT2D eigenvalue weighted by Crippen LogP contribution is 2.20. The zero-order chi connectivity index (χ0) is 13.7. The molecule has 0 saturated heterocycles. The van der Waals surface area contributed by atoms with Crippen molar-refractivity contribution >= 4 is 0 Å². The summed E-state index contributed by atoms with van der Waals surface area (Å²) in [4.78, 5) is 0. The fourth-order valence-electron chi connectivity index (χ4n) is 1.98. The van der Waals surface area contributed by atoms with Crippen molar-refractivity contribution in [1.82, 2.24) is 5.32 Å². The maximum atomic E-state index is 13.7. The maximum absolute atomic E-state index is 13.7. The Balaban J connectivity index is 2.12. The summed E-state index contributed by atoms with van der Waals surface area (Å²) in [5.41, 5.74) is 6.65. The van der Waals surface area contributed by atoms with Gasteiger partial charge in [-0.1, -0.05) is 36.4 Å². The van der Waals surface area contributed by atoms with Gasteiger partial charge in [-0.3, -0.25) is 0 Å². The van der Waals surface area contributed by atoms with Crippen molar-refractivity contribution in [1.29, 1.82) is 0 Å². The van der Waals surface area contributed by atoms with Crippen molar-refractivity contribution in [3.63, 3.8) is 0 Å². The van der Waals surface area contributed by atoms with Crippen LogP contribution in [0.4, 0.5) is 8.78 Å². The number of benzene rings is 2. The first kappa shape index (κ1) is 13.6. The van der Waals surface area contributed by atoms with E-state index in [-0.39, 0.29) is 12.1 Å². The standard InChI is InChI=1S/C15H16F2N2/c16-12-7-4-8-13(17)15(12)14(9-18)19-10-11-5-2-1-3-6-11/h1-8,14,19H,9-10,18H2. The molecule has 1 atom stereocenters. The van der Waals surface area contributed by atoms with Gasteiger partial charge in [-0.25, -0.2) is 8.78 Å². The Morgan fingerprint density at radius 2 is 1.58 bits per heavy atom. The fourth-order valence-corrected chi connectivity index (χ4v) is 1.98.